The van der Waals surface area contributed by atoms with Gasteiger partial charge in [-0.25, -0.2) is 10.2 Å². The molecule has 1 aromatic heterocycles. The van der Waals surface area contributed by atoms with Crippen molar-refractivity contribution in [3.63, 3.8) is 0 Å². The highest BCUT2D eigenvalue weighted by atomic mass is 79.9. The molecule has 7 nitrogen and oxygen atoms in total. The second kappa shape index (κ2) is 9.25. The average molecular weight is 524 g/mol. The van der Waals surface area contributed by atoms with Gasteiger partial charge in [0.1, 0.15) is 11.3 Å². The number of rotatable bonds is 5. The molecule has 1 aliphatic heterocycles. The maximum Gasteiger partial charge on any atom is 0.428 e. The van der Waals surface area contributed by atoms with Crippen LogP contribution in [0.5, 0.6) is 0 Å². The normalized spacial score (nSPS) is 23.2. The highest BCUT2D eigenvalue weighted by Crippen LogP contribution is 2.40. The van der Waals surface area contributed by atoms with Gasteiger partial charge in [0, 0.05) is 21.5 Å². The molecule has 0 bridgehead atoms. The lowest BCUT2D eigenvalue weighted by Gasteiger charge is -2.42. The van der Waals surface area contributed by atoms with Crippen molar-refractivity contribution < 1.29 is 18.7 Å². The lowest BCUT2D eigenvalue weighted by Crippen LogP contribution is -2.52. The summed E-state index contributed by atoms with van der Waals surface area (Å²) in [4.78, 5) is 24.7. The minimum atomic E-state index is -0.715. The zero-order valence-corrected chi connectivity index (χ0v) is 20.4. The van der Waals surface area contributed by atoms with Crippen LogP contribution >= 0.6 is 15.9 Å². The van der Waals surface area contributed by atoms with E-state index in [1.165, 1.54) is 0 Å². The van der Waals surface area contributed by atoms with Crippen molar-refractivity contribution in [1.29, 1.82) is 0 Å². The third kappa shape index (κ3) is 4.59. The van der Waals surface area contributed by atoms with E-state index in [9.17, 15) is 9.59 Å². The van der Waals surface area contributed by atoms with Gasteiger partial charge in [-0.15, -0.1) is 0 Å². The van der Waals surface area contributed by atoms with Crippen LogP contribution in [0.3, 0.4) is 0 Å². The number of amides is 2. The van der Waals surface area contributed by atoms with Crippen molar-refractivity contribution in [2.75, 3.05) is 0 Å². The van der Waals surface area contributed by atoms with E-state index in [2.05, 4.69) is 31.8 Å². The van der Waals surface area contributed by atoms with Crippen LogP contribution in [0.15, 0.2) is 68.6 Å². The Morgan fingerprint density at radius 3 is 2.68 bits per heavy atom. The van der Waals surface area contributed by atoms with Gasteiger partial charge in [0.2, 0.25) is 0 Å². The van der Waals surface area contributed by atoms with Gasteiger partial charge in [0.05, 0.1) is 0 Å². The SMILES string of the molecule is C[C@@H](CC1CCC2(CC1)OC(=O)NN=C2c1ccc(Br)cc1)NC(=O)c1cc2ccccc2o1. The molecule has 1 spiro atoms. The minimum Gasteiger partial charge on any atom is -0.451 e. The summed E-state index contributed by atoms with van der Waals surface area (Å²) in [6, 6.07) is 17.2. The standard InChI is InChI=1S/C26H26BrN3O4/c1-16(28-24(31)22-15-19-4-2-3-5-21(19)33-22)14-17-10-12-26(13-11-17)23(29-30-25(32)34-26)18-6-8-20(27)9-7-18/h2-9,15-17H,10-14H2,1H3,(H,28,31)(H,30,32)/t16-,17?,26?/m0/s1. The van der Waals surface area contributed by atoms with Crippen LogP contribution in [0.1, 0.15) is 55.1 Å². The molecular weight excluding hydrogens is 498 g/mol. The summed E-state index contributed by atoms with van der Waals surface area (Å²) in [7, 11) is 0. The second-order valence-corrected chi connectivity index (χ2v) is 10.1. The van der Waals surface area contributed by atoms with Crippen molar-refractivity contribution >= 4 is 44.6 Å². The smallest absolute Gasteiger partial charge is 0.428 e. The number of para-hydroxylation sites is 1. The molecule has 1 atom stereocenters. The van der Waals surface area contributed by atoms with Crippen LogP contribution < -0.4 is 10.7 Å². The van der Waals surface area contributed by atoms with Gasteiger partial charge >= 0.3 is 6.09 Å². The Kier molecular flexibility index (Phi) is 6.16. The Morgan fingerprint density at radius 2 is 1.94 bits per heavy atom. The number of ether oxygens (including phenoxy) is 1. The minimum absolute atomic E-state index is 0.00468. The molecule has 8 heteroatoms. The molecule has 0 radical (unpaired) electrons. The van der Waals surface area contributed by atoms with Gasteiger partial charge in [0.25, 0.3) is 5.91 Å². The summed E-state index contributed by atoms with van der Waals surface area (Å²) < 4.78 is 12.5. The Bertz CT molecular complexity index is 1210. The lowest BCUT2D eigenvalue weighted by atomic mass is 9.73. The maximum absolute atomic E-state index is 12.7. The van der Waals surface area contributed by atoms with Crippen LogP contribution in [0, 0.1) is 5.92 Å². The molecule has 34 heavy (non-hydrogen) atoms. The van der Waals surface area contributed by atoms with Gasteiger partial charge in [-0.3, -0.25) is 4.79 Å². The number of halogens is 1. The number of hydrogen-bond donors (Lipinski definition) is 2. The fourth-order valence-corrected chi connectivity index (χ4v) is 5.32. The molecule has 2 aliphatic rings. The monoisotopic (exact) mass is 523 g/mol. The first-order chi connectivity index (χ1) is 16.4. The third-order valence-corrected chi connectivity index (χ3v) is 7.25. The molecule has 5 rings (SSSR count). The van der Waals surface area contributed by atoms with E-state index in [0.717, 1.165) is 40.4 Å². The van der Waals surface area contributed by atoms with Crippen LogP contribution in [0.25, 0.3) is 11.0 Å². The van der Waals surface area contributed by atoms with Gasteiger partial charge in [-0.05, 0) is 69.2 Å². The van der Waals surface area contributed by atoms with E-state index in [-0.39, 0.29) is 11.9 Å². The number of nitrogens with zero attached hydrogens (tertiary/aromatic N) is 1. The van der Waals surface area contributed by atoms with Crippen LogP contribution in [0.4, 0.5) is 4.79 Å². The predicted molar refractivity (Wildman–Crippen MR) is 133 cm³/mol. The van der Waals surface area contributed by atoms with Gasteiger partial charge < -0.3 is 14.5 Å². The first-order valence-electron chi connectivity index (χ1n) is 11.5. The number of fused-ring (bicyclic) bond motifs is 1. The Hall–Kier alpha value is -3.13. The van der Waals surface area contributed by atoms with E-state index in [1.54, 1.807) is 6.07 Å². The highest BCUT2D eigenvalue weighted by molar-refractivity contribution is 9.10. The molecule has 1 fully saturated rings. The van der Waals surface area contributed by atoms with Crippen LogP contribution in [-0.2, 0) is 4.74 Å². The summed E-state index contributed by atoms with van der Waals surface area (Å²) in [5.74, 6) is 0.539. The molecule has 2 N–H and O–H groups in total. The number of hydrazone groups is 1. The van der Waals surface area contributed by atoms with Crippen molar-refractivity contribution in [2.24, 2.45) is 11.0 Å². The van der Waals surface area contributed by atoms with Gasteiger partial charge in [-0.2, -0.15) is 5.10 Å². The average Bonchev–Trinajstić information content (AvgIpc) is 3.26. The Labute approximate surface area is 206 Å². The zero-order valence-electron chi connectivity index (χ0n) is 18.8. The molecule has 2 aromatic carbocycles. The number of carbonyl (C=O) groups is 2. The highest BCUT2D eigenvalue weighted by Gasteiger charge is 2.46. The van der Waals surface area contributed by atoms with E-state index < -0.39 is 11.7 Å². The number of benzene rings is 2. The summed E-state index contributed by atoms with van der Waals surface area (Å²) in [5, 5.41) is 8.35. The van der Waals surface area contributed by atoms with Gasteiger partial charge in [-0.1, -0.05) is 46.3 Å². The molecule has 2 heterocycles. The number of nitrogens with one attached hydrogen (secondary N) is 2. The molecule has 0 unspecified atom stereocenters. The maximum atomic E-state index is 12.7. The first kappa shape index (κ1) is 22.7. The van der Waals surface area contributed by atoms with Crippen molar-refractivity contribution in [3.8, 4) is 0 Å². The van der Waals surface area contributed by atoms with Crippen molar-refractivity contribution in [2.45, 2.75) is 50.7 Å². The van der Waals surface area contributed by atoms with E-state index in [1.807, 2.05) is 55.5 Å². The van der Waals surface area contributed by atoms with Gasteiger partial charge in [0.15, 0.2) is 11.4 Å². The molecule has 2 amide bonds. The molecule has 0 saturated heterocycles. The predicted octanol–water partition coefficient (Wildman–Crippen LogP) is 5.78. The zero-order chi connectivity index (χ0) is 23.7. The molecule has 1 aliphatic carbocycles. The third-order valence-electron chi connectivity index (χ3n) is 6.72. The van der Waals surface area contributed by atoms with E-state index in [4.69, 9.17) is 9.15 Å². The van der Waals surface area contributed by atoms with Crippen LogP contribution in [0.2, 0.25) is 0 Å². The second-order valence-electron chi connectivity index (χ2n) is 9.16. The molecule has 3 aromatic rings. The Balaban J connectivity index is 1.21. The summed E-state index contributed by atoms with van der Waals surface area (Å²) in [6.45, 7) is 2.02. The Morgan fingerprint density at radius 1 is 1.21 bits per heavy atom. The van der Waals surface area contributed by atoms with Crippen LogP contribution in [-0.4, -0.2) is 29.4 Å². The number of carbonyl (C=O) groups excluding carboxylic acids is 2. The largest absolute Gasteiger partial charge is 0.451 e. The quantitative estimate of drug-likeness (QED) is 0.443. The summed E-state index contributed by atoms with van der Waals surface area (Å²) in [6.07, 6.45) is 3.50. The van der Waals surface area contributed by atoms with Crippen molar-refractivity contribution in [1.82, 2.24) is 10.7 Å². The number of hydrogen-bond acceptors (Lipinski definition) is 5. The first-order valence-corrected chi connectivity index (χ1v) is 12.3. The topological polar surface area (TPSA) is 92.9 Å². The fourth-order valence-electron chi connectivity index (χ4n) is 5.05. The number of furan rings is 1. The fraction of sp³-hybridized carbons (Fsp3) is 0.346. The molecular formula is C26H26BrN3O4. The summed E-state index contributed by atoms with van der Waals surface area (Å²) >= 11 is 3.46. The lowest BCUT2D eigenvalue weighted by molar-refractivity contribution is 0.0154. The molecule has 176 valence electrons. The van der Waals surface area contributed by atoms with Crippen molar-refractivity contribution in [3.05, 3.63) is 70.4 Å². The molecule has 1 saturated carbocycles. The van der Waals surface area contributed by atoms with E-state index >= 15 is 0 Å². The summed E-state index contributed by atoms with van der Waals surface area (Å²) in [5.41, 5.74) is 4.16. The van der Waals surface area contributed by atoms with E-state index in [0.29, 0.717) is 30.1 Å².